The van der Waals surface area contributed by atoms with Gasteiger partial charge in [-0.15, -0.1) is 13.2 Å². The standard InChI is InChI=1S/C22H24F3N3O3/c1-15-3-8-19(16(2)13-15)21(30)28-11-9-27(10-12-28)14-20(29)26-17-4-6-18(7-5-17)31-22(23,24)25/h3-8,13H,9-12,14H2,1-2H3,(H,26,29). The first kappa shape index (κ1) is 22.6. The molecule has 6 nitrogen and oxygen atoms in total. The van der Waals surface area contributed by atoms with Gasteiger partial charge in [-0.3, -0.25) is 14.5 Å². The number of halogens is 3. The van der Waals surface area contributed by atoms with Crippen LogP contribution in [-0.4, -0.2) is 60.7 Å². The second-order valence-corrected chi connectivity index (χ2v) is 7.51. The maximum atomic E-state index is 12.8. The van der Waals surface area contributed by atoms with Crippen LogP contribution in [0.4, 0.5) is 18.9 Å². The lowest BCUT2D eigenvalue weighted by Gasteiger charge is -2.34. The molecule has 0 spiro atoms. The molecule has 2 amide bonds. The Labute approximate surface area is 178 Å². The van der Waals surface area contributed by atoms with E-state index < -0.39 is 6.36 Å². The zero-order valence-corrected chi connectivity index (χ0v) is 17.3. The number of amides is 2. The van der Waals surface area contributed by atoms with Crippen molar-refractivity contribution in [3.05, 3.63) is 59.2 Å². The second-order valence-electron chi connectivity index (χ2n) is 7.51. The fraction of sp³-hybridized carbons (Fsp3) is 0.364. The van der Waals surface area contributed by atoms with Gasteiger partial charge < -0.3 is 15.0 Å². The van der Waals surface area contributed by atoms with Gasteiger partial charge >= 0.3 is 6.36 Å². The Morgan fingerprint density at radius 1 is 1.00 bits per heavy atom. The highest BCUT2D eigenvalue weighted by Crippen LogP contribution is 2.24. The van der Waals surface area contributed by atoms with E-state index in [9.17, 15) is 22.8 Å². The van der Waals surface area contributed by atoms with Crippen LogP contribution in [-0.2, 0) is 4.79 Å². The fourth-order valence-corrected chi connectivity index (χ4v) is 3.48. The Balaban J connectivity index is 1.47. The highest BCUT2D eigenvalue weighted by atomic mass is 19.4. The highest BCUT2D eigenvalue weighted by Gasteiger charge is 2.31. The summed E-state index contributed by atoms with van der Waals surface area (Å²) in [6.07, 6.45) is -4.76. The molecule has 2 aromatic rings. The third-order valence-electron chi connectivity index (χ3n) is 5.01. The lowest BCUT2D eigenvalue weighted by atomic mass is 10.0. The number of nitrogens with zero attached hydrogens (tertiary/aromatic N) is 2. The van der Waals surface area contributed by atoms with Crippen LogP contribution in [0.3, 0.4) is 0 Å². The van der Waals surface area contributed by atoms with Gasteiger partial charge in [-0.2, -0.15) is 0 Å². The van der Waals surface area contributed by atoms with Gasteiger partial charge in [0.05, 0.1) is 6.54 Å². The summed E-state index contributed by atoms with van der Waals surface area (Å²) in [4.78, 5) is 28.7. The molecule has 1 fully saturated rings. The number of benzene rings is 2. The first-order valence-electron chi connectivity index (χ1n) is 9.85. The van der Waals surface area contributed by atoms with Gasteiger partial charge in [0.2, 0.25) is 5.91 Å². The number of carbonyl (C=O) groups excluding carboxylic acids is 2. The number of nitrogens with one attached hydrogen (secondary N) is 1. The Morgan fingerprint density at radius 2 is 1.65 bits per heavy atom. The van der Waals surface area contributed by atoms with Crippen LogP contribution in [0.15, 0.2) is 42.5 Å². The molecular formula is C22H24F3N3O3. The molecule has 0 aromatic heterocycles. The zero-order valence-electron chi connectivity index (χ0n) is 17.3. The molecule has 1 aliphatic heterocycles. The number of ether oxygens (including phenoxy) is 1. The predicted octanol–water partition coefficient (Wildman–Crippen LogP) is 3.60. The highest BCUT2D eigenvalue weighted by molar-refractivity contribution is 5.96. The third-order valence-corrected chi connectivity index (χ3v) is 5.01. The van der Waals surface area contributed by atoms with Crippen molar-refractivity contribution < 1.29 is 27.5 Å². The van der Waals surface area contributed by atoms with Gasteiger partial charge in [-0.05, 0) is 49.7 Å². The van der Waals surface area contributed by atoms with E-state index in [4.69, 9.17) is 0 Å². The van der Waals surface area contributed by atoms with Crippen molar-refractivity contribution in [2.45, 2.75) is 20.2 Å². The van der Waals surface area contributed by atoms with E-state index in [0.717, 1.165) is 23.3 Å². The number of rotatable bonds is 5. The van der Waals surface area contributed by atoms with Crippen molar-refractivity contribution in [3.63, 3.8) is 0 Å². The molecule has 1 N–H and O–H groups in total. The zero-order chi connectivity index (χ0) is 22.6. The molecule has 0 bridgehead atoms. The van der Waals surface area contributed by atoms with E-state index >= 15 is 0 Å². The number of aryl methyl sites for hydroxylation is 2. The van der Waals surface area contributed by atoms with Crippen molar-refractivity contribution in [1.29, 1.82) is 0 Å². The van der Waals surface area contributed by atoms with Crippen LogP contribution in [0, 0.1) is 13.8 Å². The van der Waals surface area contributed by atoms with Gasteiger partial charge in [0, 0.05) is 37.4 Å². The maximum Gasteiger partial charge on any atom is 0.573 e. The van der Waals surface area contributed by atoms with Crippen LogP contribution >= 0.6 is 0 Å². The minimum atomic E-state index is -4.76. The van der Waals surface area contributed by atoms with Gasteiger partial charge in [0.1, 0.15) is 5.75 Å². The first-order valence-corrected chi connectivity index (χ1v) is 9.85. The molecule has 2 aromatic carbocycles. The molecule has 0 atom stereocenters. The average molecular weight is 435 g/mol. The van der Waals surface area contributed by atoms with Crippen molar-refractivity contribution >= 4 is 17.5 Å². The van der Waals surface area contributed by atoms with Crippen LogP contribution in [0.1, 0.15) is 21.5 Å². The molecule has 0 unspecified atom stereocenters. The number of carbonyl (C=O) groups is 2. The molecule has 0 aliphatic carbocycles. The van der Waals surface area contributed by atoms with Crippen LogP contribution in [0.2, 0.25) is 0 Å². The smallest absolute Gasteiger partial charge is 0.406 e. The van der Waals surface area contributed by atoms with Gasteiger partial charge in [-0.25, -0.2) is 0 Å². The molecule has 166 valence electrons. The second kappa shape index (κ2) is 9.38. The van der Waals surface area contributed by atoms with E-state index in [1.807, 2.05) is 36.9 Å². The quantitative estimate of drug-likeness (QED) is 0.780. The SMILES string of the molecule is Cc1ccc(C(=O)N2CCN(CC(=O)Nc3ccc(OC(F)(F)F)cc3)CC2)c(C)c1. The predicted molar refractivity (Wildman–Crippen MR) is 110 cm³/mol. The molecule has 1 saturated heterocycles. The molecular weight excluding hydrogens is 411 g/mol. The Kier molecular flexibility index (Phi) is 6.84. The summed E-state index contributed by atoms with van der Waals surface area (Å²) in [5.41, 5.74) is 3.11. The molecule has 0 radical (unpaired) electrons. The molecule has 9 heteroatoms. The third kappa shape index (κ3) is 6.45. The lowest BCUT2D eigenvalue weighted by molar-refractivity contribution is -0.274. The first-order chi connectivity index (χ1) is 14.6. The largest absolute Gasteiger partial charge is 0.573 e. The lowest BCUT2D eigenvalue weighted by Crippen LogP contribution is -2.50. The number of anilines is 1. The monoisotopic (exact) mass is 435 g/mol. The molecule has 3 rings (SSSR count). The average Bonchev–Trinajstić information content (AvgIpc) is 2.68. The number of piperazine rings is 1. The van der Waals surface area contributed by atoms with Crippen LogP contribution < -0.4 is 10.1 Å². The summed E-state index contributed by atoms with van der Waals surface area (Å²) in [6, 6.07) is 10.7. The maximum absolute atomic E-state index is 12.8. The van der Waals surface area contributed by atoms with Gasteiger partial charge in [0.15, 0.2) is 0 Å². The number of hydrogen-bond donors (Lipinski definition) is 1. The molecule has 1 heterocycles. The normalized spacial score (nSPS) is 14.9. The van der Waals surface area contributed by atoms with Crippen molar-refractivity contribution in [1.82, 2.24) is 9.80 Å². The number of alkyl halides is 3. The number of hydrogen-bond acceptors (Lipinski definition) is 4. The van der Waals surface area contributed by atoms with Crippen LogP contribution in [0.5, 0.6) is 5.75 Å². The summed E-state index contributed by atoms with van der Waals surface area (Å²) in [5, 5.41) is 2.65. The summed E-state index contributed by atoms with van der Waals surface area (Å²) >= 11 is 0. The Morgan fingerprint density at radius 3 is 2.23 bits per heavy atom. The fourth-order valence-electron chi connectivity index (χ4n) is 3.48. The summed E-state index contributed by atoms with van der Waals surface area (Å²) in [5.74, 6) is -0.642. The minimum absolute atomic E-state index is 0.0113. The summed E-state index contributed by atoms with van der Waals surface area (Å²) in [7, 11) is 0. The Bertz CT molecular complexity index is 937. The topological polar surface area (TPSA) is 61.9 Å². The molecule has 0 saturated carbocycles. The summed E-state index contributed by atoms with van der Waals surface area (Å²) < 4.78 is 40.4. The van der Waals surface area contributed by atoms with E-state index in [2.05, 4.69) is 10.1 Å². The summed E-state index contributed by atoms with van der Waals surface area (Å²) in [6.45, 7) is 6.18. The van der Waals surface area contributed by atoms with Crippen LogP contribution in [0.25, 0.3) is 0 Å². The van der Waals surface area contributed by atoms with E-state index in [-0.39, 0.29) is 24.1 Å². The van der Waals surface area contributed by atoms with Gasteiger partial charge in [0.25, 0.3) is 5.91 Å². The van der Waals surface area contributed by atoms with E-state index in [1.54, 1.807) is 4.90 Å². The minimum Gasteiger partial charge on any atom is -0.406 e. The van der Waals surface area contributed by atoms with E-state index in [0.29, 0.717) is 37.4 Å². The van der Waals surface area contributed by atoms with Crippen molar-refractivity contribution in [2.24, 2.45) is 0 Å². The Hall–Kier alpha value is -3.07. The van der Waals surface area contributed by atoms with Crippen molar-refractivity contribution in [2.75, 3.05) is 38.0 Å². The van der Waals surface area contributed by atoms with Crippen molar-refractivity contribution in [3.8, 4) is 5.75 Å². The molecule has 1 aliphatic rings. The molecule has 31 heavy (non-hydrogen) atoms. The van der Waals surface area contributed by atoms with Gasteiger partial charge in [-0.1, -0.05) is 17.7 Å². The van der Waals surface area contributed by atoms with E-state index in [1.165, 1.54) is 12.1 Å².